The van der Waals surface area contributed by atoms with Crippen LogP contribution >= 0.6 is 0 Å². The third kappa shape index (κ3) is 4.45. The molecule has 0 saturated carbocycles. The van der Waals surface area contributed by atoms with Crippen LogP contribution in [0.1, 0.15) is 11.7 Å². The number of hydrogen-bond acceptors (Lipinski definition) is 5. The fourth-order valence-corrected chi connectivity index (χ4v) is 2.33. The predicted octanol–water partition coefficient (Wildman–Crippen LogP) is 2.02. The number of nitrogens with one attached hydrogen (secondary N) is 1. The van der Waals surface area contributed by atoms with E-state index >= 15 is 0 Å². The number of fused-ring (bicyclic) bond motifs is 1. The second kappa shape index (κ2) is 7.63. The highest BCUT2D eigenvalue weighted by molar-refractivity contribution is 5.79. The van der Waals surface area contributed by atoms with Crippen LogP contribution in [0, 0.1) is 0 Å². The summed E-state index contributed by atoms with van der Waals surface area (Å²) >= 11 is 0. The molecule has 0 radical (unpaired) electrons. The van der Waals surface area contributed by atoms with Gasteiger partial charge >= 0.3 is 5.63 Å². The summed E-state index contributed by atoms with van der Waals surface area (Å²) in [5.41, 5.74) is 0.676. The smallest absolute Gasteiger partial charge is 0.336 e. The Morgan fingerprint density at radius 2 is 1.88 bits per heavy atom. The van der Waals surface area contributed by atoms with Gasteiger partial charge in [-0.3, -0.25) is 4.79 Å². The van der Waals surface area contributed by atoms with Crippen LogP contribution in [-0.2, 0) is 4.79 Å². The Morgan fingerprint density at radius 1 is 1.12 bits per heavy atom. The Kier molecular flexibility index (Phi) is 5.11. The second-order valence-corrected chi connectivity index (χ2v) is 5.47. The van der Waals surface area contributed by atoms with Crippen molar-refractivity contribution in [3.05, 3.63) is 76.6 Å². The molecule has 2 aromatic carbocycles. The quantitative estimate of drug-likeness (QED) is 0.671. The number of ether oxygens (including phenoxy) is 1. The van der Waals surface area contributed by atoms with Crippen molar-refractivity contribution >= 4 is 16.9 Å². The molecule has 6 nitrogen and oxygen atoms in total. The van der Waals surface area contributed by atoms with Gasteiger partial charge in [0, 0.05) is 24.1 Å². The number of carbonyl (C=O) groups is 1. The van der Waals surface area contributed by atoms with E-state index in [2.05, 4.69) is 5.32 Å². The number of carbonyl (C=O) groups excluding carboxylic acids is 1. The first-order valence-electron chi connectivity index (χ1n) is 7.78. The molecule has 1 amide bonds. The third-order valence-electron chi connectivity index (χ3n) is 3.64. The van der Waals surface area contributed by atoms with Gasteiger partial charge in [0.25, 0.3) is 5.91 Å². The van der Waals surface area contributed by atoms with Gasteiger partial charge in [0.1, 0.15) is 11.3 Å². The van der Waals surface area contributed by atoms with Crippen molar-refractivity contribution in [3.63, 3.8) is 0 Å². The van der Waals surface area contributed by atoms with E-state index in [1.807, 2.05) is 18.2 Å². The Hall–Kier alpha value is -3.12. The number of aliphatic hydroxyl groups is 1. The van der Waals surface area contributed by atoms with Crippen LogP contribution in [0.2, 0.25) is 0 Å². The Morgan fingerprint density at radius 3 is 2.68 bits per heavy atom. The standard InChI is InChI=1S/C19H17NO5/c21-16(13-4-2-1-3-5-13)11-20-18(22)12-24-15-8-6-14-7-9-19(23)25-17(14)10-15/h1-10,16,21H,11-12H2,(H,20,22)/t16-/m1/s1. The maximum absolute atomic E-state index is 11.8. The number of benzene rings is 2. The lowest BCUT2D eigenvalue weighted by molar-refractivity contribution is -0.123. The van der Waals surface area contributed by atoms with E-state index in [0.717, 1.165) is 10.9 Å². The predicted molar refractivity (Wildman–Crippen MR) is 92.4 cm³/mol. The van der Waals surface area contributed by atoms with Crippen LogP contribution < -0.4 is 15.7 Å². The topological polar surface area (TPSA) is 88.8 Å². The first-order chi connectivity index (χ1) is 12.1. The zero-order chi connectivity index (χ0) is 17.6. The molecule has 1 heterocycles. The average Bonchev–Trinajstić information content (AvgIpc) is 2.64. The molecule has 128 valence electrons. The SMILES string of the molecule is O=C(COc1ccc2ccc(=O)oc2c1)NC[C@@H](O)c1ccccc1. The highest BCUT2D eigenvalue weighted by Crippen LogP contribution is 2.19. The molecule has 0 aliphatic carbocycles. The molecule has 0 bridgehead atoms. The maximum Gasteiger partial charge on any atom is 0.336 e. The largest absolute Gasteiger partial charge is 0.484 e. The van der Waals surface area contributed by atoms with Gasteiger partial charge in [-0.1, -0.05) is 30.3 Å². The molecule has 1 atom stereocenters. The van der Waals surface area contributed by atoms with Crippen LogP contribution in [0.15, 0.2) is 69.9 Å². The average molecular weight is 339 g/mol. The minimum atomic E-state index is -0.778. The van der Waals surface area contributed by atoms with Crippen molar-refractivity contribution in [1.29, 1.82) is 0 Å². The molecule has 0 aliphatic heterocycles. The summed E-state index contributed by atoms with van der Waals surface area (Å²) < 4.78 is 10.5. The summed E-state index contributed by atoms with van der Waals surface area (Å²) in [5, 5.41) is 13.4. The van der Waals surface area contributed by atoms with Crippen molar-refractivity contribution in [3.8, 4) is 5.75 Å². The Labute approximate surface area is 143 Å². The van der Waals surface area contributed by atoms with E-state index in [-0.39, 0.29) is 19.1 Å². The van der Waals surface area contributed by atoms with Gasteiger partial charge < -0.3 is 19.6 Å². The molecular weight excluding hydrogens is 322 g/mol. The summed E-state index contributed by atoms with van der Waals surface area (Å²) in [5.74, 6) is 0.0604. The summed E-state index contributed by atoms with van der Waals surface area (Å²) in [7, 11) is 0. The summed E-state index contributed by atoms with van der Waals surface area (Å²) in [4.78, 5) is 23.1. The van der Waals surface area contributed by atoms with Gasteiger partial charge in [-0.05, 0) is 23.8 Å². The molecule has 25 heavy (non-hydrogen) atoms. The third-order valence-corrected chi connectivity index (χ3v) is 3.64. The van der Waals surface area contributed by atoms with Crippen LogP contribution in [-0.4, -0.2) is 24.2 Å². The Bertz CT molecular complexity index is 920. The molecule has 2 N–H and O–H groups in total. The van der Waals surface area contributed by atoms with E-state index in [1.165, 1.54) is 6.07 Å². The highest BCUT2D eigenvalue weighted by Gasteiger charge is 2.10. The lowest BCUT2D eigenvalue weighted by Crippen LogP contribution is -2.32. The molecule has 0 spiro atoms. The number of rotatable bonds is 6. The molecule has 0 aliphatic rings. The van der Waals surface area contributed by atoms with Gasteiger partial charge in [-0.15, -0.1) is 0 Å². The lowest BCUT2D eigenvalue weighted by Gasteiger charge is -2.12. The Balaban J connectivity index is 1.53. The lowest BCUT2D eigenvalue weighted by atomic mass is 10.1. The van der Waals surface area contributed by atoms with E-state index in [4.69, 9.17) is 9.15 Å². The van der Waals surface area contributed by atoms with Crippen molar-refractivity contribution in [2.75, 3.05) is 13.2 Å². The summed E-state index contributed by atoms with van der Waals surface area (Å²) in [6, 6.07) is 17.1. The minimum Gasteiger partial charge on any atom is -0.484 e. The van der Waals surface area contributed by atoms with Crippen molar-refractivity contribution < 1.29 is 19.1 Å². The number of amides is 1. The first-order valence-corrected chi connectivity index (χ1v) is 7.78. The summed E-state index contributed by atoms with van der Waals surface area (Å²) in [6.45, 7) is -0.108. The number of hydrogen-bond donors (Lipinski definition) is 2. The normalized spacial score (nSPS) is 11.9. The van der Waals surface area contributed by atoms with E-state index in [9.17, 15) is 14.7 Å². The fraction of sp³-hybridized carbons (Fsp3) is 0.158. The zero-order valence-corrected chi connectivity index (χ0v) is 13.3. The van der Waals surface area contributed by atoms with Crippen LogP contribution in [0.25, 0.3) is 11.0 Å². The van der Waals surface area contributed by atoms with Crippen LogP contribution in [0.4, 0.5) is 0 Å². The molecule has 0 fully saturated rings. The van der Waals surface area contributed by atoms with Crippen molar-refractivity contribution in [1.82, 2.24) is 5.32 Å². The second-order valence-electron chi connectivity index (χ2n) is 5.47. The highest BCUT2D eigenvalue weighted by atomic mass is 16.5. The minimum absolute atomic E-state index is 0.0960. The van der Waals surface area contributed by atoms with E-state index in [0.29, 0.717) is 11.3 Å². The molecule has 6 heteroatoms. The molecule has 1 aromatic heterocycles. The first kappa shape index (κ1) is 16.7. The van der Waals surface area contributed by atoms with Crippen LogP contribution in [0.5, 0.6) is 5.75 Å². The molecule has 0 saturated heterocycles. The van der Waals surface area contributed by atoms with Crippen molar-refractivity contribution in [2.24, 2.45) is 0 Å². The molecule has 0 unspecified atom stereocenters. The molecular formula is C19H17NO5. The summed E-state index contributed by atoms with van der Waals surface area (Å²) in [6.07, 6.45) is -0.778. The van der Waals surface area contributed by atoms with Crippen molar-refractivity contribution in [2.45, 2.75) is 6.10 Å². The monoisotopic (exact) mass is 339 g/mol. The molecule has 3 rings (SSSR count). The van der Waals surface area contributed by atoms with E-state index < -0.39 is 11.7 Å². The maximum atomic E-state index is 11.8. The number of aliphatic hydroxyl groups excluding tert-OH is 1. The van der Waals surface area contributed by atoms with Crippen LogP contribution in [0.3, 0.4) is 0 Å². The van der Waals surface area contributed by atoms with Gasteiger partial charge in [-0.2, -0.15) is 0 Å². The molecule has 3 aromatic rings. The fourth-order valence-electron chi connectivity index (χ4n) is 2.33. The zero-order valence-electron chi connectivity index (χ0n) is 13.3. The van der Waals surface area contributed by atoms with Gasteiger partial charge in [-0.25, -0.2) is 4.79 Å². The van der Waals surface area contributed by atoms with E-state index in [1.54, 1.807) is 36.4 Å². The van der Waals surface area contributed by atoms with Gasteiger partial charge in [0.2, 0.25) is 0 Å². The van der Waals surface area contributed by atoms with Gasteiger partial charge in [0.05, 0.1) is 6.10 Å². The van der Waals surface area contributed by atoms with Gasteiger partial charge in [0.15, 0.2) is 6.61 Å².